The fourth-order valence-electron chi connectivity index (χ4n) is 1.35. The Morgan fingerprint density at radius 1 is 1.42 bits per heavy atom. The molecule has 1 aromatic carbocycles. The lowest BCUT2D eigenvalue weighted by atomic mass is 10.3. The minimum atomic E-state index is -3.88. The van der Waals surface area contributed by atoms with Gasteiger partial charge in [-0.05, 0) is 29.1 Å². The molecule has 4 nitrogen and oxygen atoms in total. The number of rotatable bonds is 4. The zero-order valence-corrected chi connectivity index (χ0v) is 11.8. The lowest BCUT2D eigenvalue weighted by molar-refractivity contribution is 0.282. The second-order valence-electron chi connectivity index (χ2n) is 3.64. The molecular formula is C11H9ClFNO3S2. The van der Waals surface area contributed by atoms with Crippen LogP contribution < -0.4 is 4.72 Å². The molecule has 0 amide bonds. The molecule has 0 aliphatic carbocycles. The van der Waals surface area contributed by atoms with Gasteiger partial charge < -0.3 is 5.11 Å². The van der Waals surface area contributed by atoms with Crippen molar-refractivity contribution in [2.75, 3.05) is 4.72 Å². The van der Waals surface area contributed by atoms with Gasteiger partial charge in [-0.15, -0.1) is 11.3 Å². The van der Waals surface area contributed by atoms with Crippen LogP contribution in [0.5, 0.6) is 0 Å². The first-order chi connectivity index (χ1) is 8.94. The zero-order valence-electron chi connectivity index (χ0n) is 9.43. The SMILES string of the molecule is O=S(=O)(Nc1cccc(Cl)c1F)c1cc(CO)cs1. The van der Waals surface area contributed by atoms with Gasteiger partial charge in [0.15, 0.2) is 5.82 Å². The smallest absolute Gasteiger partial charge is 0.271 e. The highest BCUT2D eigenvalue weighted by Gasteiger charge is 2.19. The Hall–Kier alpha value is -1.15. The quantitative estimate of drug-likeness (QED) is 0.910. The molecule has 0 aliphatic heterocycles. The number of benzene rings is 1. The predicted molar refractivity (Wildman–Crippen MR) is 72.5 cm³/mol. The summed E-state index contributed by atoms with van der Waals surface area (Å²) >= 11 is 6.52. The maximum absolute atomic E-state index is 13.6. The van der Waals surface area contributed by atoms with Crippen LogP contribution in [-0.2, 0) is 16.6 Å². The summed E-state index contributed by atoms with van der Waals surface area (Å²) in [6, 6.07) is 5.37. The van der Waals surface area contributed by atoms with Gasteiger partial charge in [0.2, 0.25) is 0 Å². The average molecular weight is 322 g/mol. The third-order valence-electron chi connectivity index (χ3n) is 2.27. The summed E-state index contributed by atoms with van der Waals surface area (Å²) in [7, 11) is -3.88. The van der Waals surface area contributed by atoms with Gasteiger partial charge in [0, 0.05) is 0 Å². The van der Waals surface area contributed by atoms with Crippen molar-refractivity contribution < 1.29 is 17.9 Å². The van der Waals surface area contributed by atoms with Crippen LogP contribution in [0.1, 0.15) is 5.56 Å². The van der Waals surface area contributed by atoms with E-state index in [-0.39, 0.29) is 21.5 Å². The van der Waals surface area contributed by atoms with Crippen LogP contribution in [-0.4, -0.2) is 13.5 Å². The molecule has 0 unspecified atom stereocenters. The molecule has 0 saturated carbocycles. The number of aliphatic hydroxyl groups is 1. The number of hydrogen-bond acceptors (Lipinski definition) is 4. The second kappa shape index (κ2) is 5.46. The van der Waals surface area contributed by atoms with Gasteiger partial charge in [-0.3, -0.25) is 4.72 Å². The number of hydrogen-bond donors (Lipinski definition) is 2. The lowest BCUT2D eigenvalue weighted by Crippen LogP contribution is -2.12. The highest BCUT2D eigenvalue weighted by molar-refractivity contribution is 7.94. The van der Waals surface area contributed by atoms with Crippen molar-refractivity contribution in [1.82, 2.24) is 0 Å². The minimum Gasteiger partial charge on any atom is -0.392 e. The van der Waals surface area contributed by atoms with E-state index in [0.717, 1.165) is 11.3 Å². The summed E-state index contributed by atoms with van der Waals surface area (Å²) in [5, 5.41) is 10.3. The Labute approximate surface area is 118 Å². The molecule has 2 aromatic rings. The van der Waals surface area contributed by atoms with Crippen molar-refractivity contribution in [2.45, 2.75) is 10.8 Å². The molecule has 0 bridgehead atoms. The molecule has 1 heterocycles. The Morgan fingerprint density at radius 2 is 2.16 bits per heavy atom. The molecule has 1 aromatic heterocycles. The average Bonchev–Trinajstić information content (AvgIpc) is 2.84. The molecule has 2 rings (SSSR count). The van der Waals surface area contributed by atoms with Crippen molar-refractivity contribution >= 4 is 38.6 Å². The van der Waals surface area contributed by atoms with E-state index in [1.807, 2.05) is 0 Å². The van der Waals surface area contributed by atoms with Gasteiger partial charge in [0.25, 0.3) is 10.0 Å². The number of anilines is 1. The fourth-order valence-corrected chi connectivity index (χ4v) is 3.79. The topological polar surface area (TPSA) is 66.4 Å². The van der Waals surface area contributed by atoms with Gasteiger partial charge in [-0.1, -0.05) is 17.7 Å². The molecule has 19 heavy (non-hydrogen) atoms. The van der Waals surface area contributed by atoms with E-state index in [1.165, 1.54) is 29.6 Å². The Morgan fingerprint density at radius 3 is 2.79 bits per heavy atom. The van der Waals surface area contributed by atoms with Gasteiger partial charge in [0.1, 0.15) is 4.21 Å². The number of nitrogens with one attached hydrogen (secondary N) is 1. The molecule has 0 atom stereocenters. The van der Waals surface area contributed by atoms with Crippen LogP contribution in [0.3, 0.4) is 0 Å². The van der Waals surface area contributed by atoms with Gasteiger partial charge in [0.05, 0.1) is 17.3 Å². The predicted octanol–water partition coefficient (Wildman–Crippen LogP) is 2.83. The third-order valence-corrected chi connectivity index (χ3v) is 5.42. The molecule has 2 N–H and O–H groups in total. The standard InChI is InChI=1S/C11H9ClFNO3S2/c12-8-2-1-3-9(11(8)13)14-19(16,17)10-4-7(5-15)6-18-10/h1-4,6,14-15H,5H2. The first-order valence-corrected chi connectivity index (χ1v) is 7.83. The third kappa shape index (κ3) is 3.06. The van der Waals surface area contributed by atoms with Crippen molar-refractivity contribution in [3.63, 3.8) is 0 Å². The van der Waals surface area contributed by atoms with Crippen LogP contribution in [0.4, 0.5) is 10.1 Å². The van der Waals surface area contributed by atoms with Gasteiger partial charge in [-0.25, -0.2) is 12.8 Å². The molecule has 0 saturated heterocycles. The molecule has 102 valence electrons. The molecule has 8 heteroatoms. The highest BCUT2D eigenvalue weighted by Crippen LogP contribution is 2.27. The lowest BCUT2D eigenvalue weighted by Gasteiger charge is -2.07. The Balaban J connectivity index is 2.33. The van der Waals surface area contributed by atoms with Gasteiger partial charge in [-0.2, -0.15) is 0 Å². The Bertz CT molecular complexity index is 700. The first kappa shape index (κ1) is 14.3. The fraction of sp³-hybridized carbons (Fsp3) is 0.0909. The zero-order chi connectivity index (χ0) is 14.0. The summed E-state index contributed by atoms with van der Waals surface area (Å²) < 4.78 is 39.7. The van der Waals surface area contributed by atoms with Gasteiger partial charge >= 0.3 is 0 Å². The molecule has 0 spiro atoms. The summed E-state index contributed by atoms with van der Waals surface area (Å²) in [6.07, 6.45) is 0. The number of sulfonamides is 1. The van der Waals surface area contributed by atoms with Crippen LogP contribution in [0, 0.1) is 5.82 Å². The van der Waals surface area contributed by atoms with E-state index in [4.69, 9.17) is 16.7 Å². The van der Waals surface area contributed by atoms with Crippen molar-refractivity contribution in [3.05, 3.63) is 46.0 Å². The molecular weight excluding hydrogens is 313 g/mol. The van der Waals surface area contributed by atoms with E-state index in [2.05, 4.69) is 4.72 Å². The monoisotopic (exact) mass is 321 g/mol. The summed E-state index contributed by atoms with van der Waals surface area (Å²) in [5.74, 6) is -0.827. The highest BCUT2D eigenvalue weighted by atomic mass is 35.5. The number of halogens is 2. The van der Waals surface area contributed by atoms with Crippen LogP contribution >= 0.6 is 22.9 Å². The molecule has 0 aliphatic rings. The van der Waals surface area contributed by atoms with E-state index in [1.54, 1.807) is 0 Å². The summed E-state index contributed by atoms with van der Waals surface area (Å²) in [5.41, 5.74) is 0.267. The maximum Gasteiger partial charge on any atom is 0.271 e. The van der Waals surface area contributed by atoms with Crippen LogP contribution in [0.25, 0.3) is 0 Å². The summed E-state index contributed by atoms with van der Waals surface area (Å²) in [6.45, 7) is -0.252. The first-order valence-electron chi connectivity index (χ1n) is 5.09. The van der Waals surface area contributed by atoms with E-state index in [0.29, 0.717) is 5.56 Å². The molecule has 0 fully saturated rings. The van der Waals surface area contributed by atoms with E-state index < -0.39 is 15.8 Å². The number of thiophene rings is 1. The Kier molecular flexibility index (Phi) is 4.10. The largest absolute Gasteiger partial charge is 0.392 e. The van der Waals surface area contributed by atoms with Crippen LogP contribution in [0.15, 0.2) is 33.9 Å². The molecule has 0 radical (unpaired) electrons. The minimum absolute atomic E-state index is 0.00377. The van der Waals surface area contributed by atoms with Crippen LogP contribution in [0.2, 0.25) is 5.02 Å². The van der Waals surface area contributed by atoms with Crippen molar-refractivity contribution in [1.29, 1.82) is 0 Å². The normalized spacial score (nSPS) is 11.5. The van der Waals surface area contributed by atoms with E-state index in [9.17, 15) is 12.8 Å². The number of aliphatic hydroxyl groups excluding tert-OH is 1. The second-order valence-corrected chi connectivity index (χ2v) is 6.87. The van der Waals surface area contributed by atoms with Crippen molar-refractivity contribution in [2.24, 2.45) is 0 Å². The van der Waals surface area contributed by atoms with Crippen molar-refractivity contribution in [3.8, 4) is 0 Å². The van der Waals surface area contributed by atoms with E-state index >= 15 is 0 Å². The maximum atomic E-state index is 13.6. The summed E-state index contributed by atoms with van der Waals surface area (Å²) in [4.78, 5) is 0.